The minimum atomic E-state index is -0.00387. The topological polar surface area (TPSA) is 79.2 Å². The summed E-state index contributed by atoms with van der Waals surface area (Å²) in [5.74, 6) is 2.93. The van der Waals surface area contributed by atoms with Crippen molar-refractivity contribution >= 4 is 17.5 Å². The first-order valence-electron chi connectivity index (χ1n) is 9.99. The Balaban J connectivity index is 1.54. The van der Waals surface area contributed by atoms with Crippen LogP contribution in [0.1, 0.15) is 51.2 Å². The number of carbonyl (C=O) groups is 1. The van der Waals surface area contributed by atoms with Crippen LogP contribution in [0.5, 0.6) is 0 Å². The van der Waals surface area contributed by atoms with Crippen molar-refractivity contribution in [3.8, 4) is 0 Å². The molecule has 0 spiro atoms. The van der Waals surface area contributed by atoms with Crippen LogP contribution in [0.15, 0.2) is 18.3 Å². The normalized spacial score (nSPS) is 15.5. The number of carbonyl (C=O) groups excluding carboxylic acids is 1. The van der Waals surface area contributed by atoms with E-state index < -0.39 is 0 Å². The molecule has 1 saturated heterocycles. The third kappa shape index (κ3) is 4.86. The molecular weight excluding hydrogens is 354 g/mol. The molecule has 2 aromatic rings. The molecule has 1 aliphatic heterocycles. The highest BCUT2D eigenvalue weighted by Gasteiger charge is 2.21. The fourth-order valence-electron chi connectivity index (χ4n) is 3.34. The zero-order chi connectivity index (χ0) is 20.3. The van der Waals surface area contributed by atoms with Gasteiger partial charge in [0.05, 0.1) is 12.7 Å². The number of piperazine rings is 1. The van der Waals surface area contributed by atoms with Crippen LogP contribution in [0.25, 0.3) is 0 Å². The lowest BCUT2D eigenvalue weighted by atomic mass is 10.2. The summed E-state index contributed by atoms with van der Waals surface area (Å²) >= 11 is 0. The van der Waals surface area contributed by atoms with E-state index in [1.54, 1.807) is 6.20 Å². The molecule has 8 heteroatoms. The third-order valence-corrected chi connectivity index (χ3v) is 4.86. The first-order chi connectivity index (χ1) is 13.3. The Morgan fingerprint density at radius 1 is 1.14 bits per heavy atom. The highest BCUT2D eigenvalue weighted by atomic mass is 16.2. The maximum absolute atomic E-state index is 12.4. The Bertz CT molecular complexity index is 807. The summed E-state index contributed by atoms with van der Waals surface area (Å²) in [7, 11) is 0. The van der Waals surface area contributed by atoms with E-state index in [0.717, 1.165) is 49.3 Å². The van der Waals surface area contributed by atoms with E-state index in [0.29, 0.717) is 12.5 Å². The predicted octanol–water partition coefficient (Wildman–Crippen LogP) is 2.45. The SMILES string of the molecule is Cc1cc(N2CCN(CC(=O)Nc3ccnn3C(C)C)CC2)nc(C(C)C)n1. The zero-order valence-electron chi connectivity index (χ0n) is 17.5. The number of hydrogen-bond donors (Lipinski definition) is 1. The van der Waals surface area contributed by atoms with Crippen molar-refractivity contribution in [3.63, 3.8) is 0 Å². The van der Waals surface area contributed by atoms with E-state index in [1.165, 1.54) is 0 Å². The van der Waals surface area contributed by atoms with Gasteiger partial charge in [-0.05, 0) is 20.8 Å². The first-order valence-corrected chi connectivity index (χ1v) is 9.99. The average molecular weight is 386 g/mol. The summed E-state index contributed by atoms with van der Waals surface area (Å²) in [6.07, 6.45) is 1.71. The molecule has 1 N–H and O–H groups in total. The Morgan fingerprint density at radius 3 is 2.50 bits per heavy atom. The van der Waals surface area contributed by atoms with Crippen LogP contribution in [0.3, 0.4) is 0 Å². The molecule has 2 aromatic heterocycles. The second-order valence-corrected chi connectivity index (χ2v) is 7.95. The molecule has 0 atom stereocenters. The van der Waals surface area contributed by atoms with Gasteiger partial charge >= 0.3 is 0 Å². The molecule has 0 unspecified atom stereocenters. The van der Waals surface area contributed by atoms with Crippen molar-refractivity contribution in [3.05, 3.63) is 29.8 Å². The molecule has 0 saturated carbocycles. The summed E-state index contributed by atoms with van der Waals surface area (Å²) in [6.45, 7) is 14.1. The van der Waals surface area contributed by atoms with Gasteiger partial charge in [-0.3, -0.25) is 9.69 Å². The van der Waals surface area contributed by atoms with Gasteiger partial charge < -0.3 is 10.2 Å². The van der Waals surface area contributed by atoms with Crippen molar-refractivity contribution in [2.45, 2.75) is 46.6 Å². The lowest BCUT2D eigenvalue weighted by Gasteiger charge is -2.35. The van der Waals surface area contributed by atoms with E-state index in [1.807, 2.05) is 37.6 Å². The van der Waals surface area contributed by atoms with Gasteiger partial charge in [0, 0.05) is 56.0 Å². The Labute approximate surface area is 167 Å². The lowest BCUT2D eigenvalue weighted by molar-refractivity contribution is -0.117. The molecule has 1 aliphatic rings. The van der Waals surface area contributed by atoms with Gasteiger partial charge in [-0.25, -0.2) is 14.6 Å². The van der Waals surface area contributed by atoms with Gasteiger partial charge in [0.1, 0.15) is 17.5 Å². The Kier molecular flexibility index (Phi) is 6.28. The van der Waals surface area contributed by atoms with Gasteiger partial charge in [0.25, 0.3) is 0 Å². The Morgan fingerprint density at radius 2 is 1.86 bits per heavy atom. The molecule has 3 heterocycles. The van der Waals surface area contributed by atoms with Gasteiger partial charge in [-0.2, -0.15) is 5.10 Å². The second-order valence-electron chi connectivity index (χ2n) is 7.95. The number of amides is 1. The number of nitrogens with one attached hydrogen (secondary N) is 1. The average Bonchev–Trinajstić information content (AvgIpc) is 3.10. The molecule has 3 rings (SSSR count). The number of nitrogens with zero attached hydrogens (tertiary/aromatic N) is 6. The minimum Gasteiger partial charge on any atom is -0.354 e. The smallest absolute Gasteiger partial charge is 0.239 e. The van der Waals surface area contributed by atoms with E-state index in [-0.39, 0.29) is 11.9 Å². The van der Waals surface area contributed by atoms with Gasteiger partial charge in [-0.15, -0.1) is 0 Å². The third-order valence-electron chi connectivity index (χ3n) is 4.86. The van der Waals surface area contributed by atoms with Crippen LogP contribution < -0.4 is 10.2 Å². The molecular formula is C20H31N7O. The van der Waals surface area contributed by atoms with Crippen LogP contribution in [-0.2, 0) is 4.79 Å². The summed E-state index contributed by atoms with van der Waals surface area (Å²) in [5.41, 5.74) is 0.997. The summed E-state index contributed by atoms with van der Waals surface area (Å²) < 4.78 is 1.82. The summed E-state index contributed by atoms with van der Waals surface area (Å²) in [5, 5.41) is 7.23. The van der Waals surface area contributed by atoms with Crippen LogP contribution in [0.4, 0.5) is 11.6 Å². The van der Waals surface area contributed by atoms with Crippen LogP contribution in [-0.4, -0.2) is 63.3 Å². The first kappa shape index (κ1) is 20.3. The van der Waals surface area contributed by atoms with Gasteiger partial charge in [0.2, 0.25) is 5.91 Å². The summed E-state index contributed by atoms with van der Waals surface area (Å²) in [6, 6.07) is 4.09. The highest BCUT2D eigenvalue weighted by Crippen LogP contribution is 2.19. The molecule has 0 radical (unpaired) electrons. The van der Waals surface area contributed by atoms with Crippen molar-refractivity contribution in [2.24, 2.45) is 0 Å². The largest absolute Gasteiger partial charge is 0.354 e. The van der Waals surface area contributed by atoms with Crippen molar-refractivity contribution in [2.75, 3.05) is 42.9 Å². The lowest BCUT2D eigenvalue weighted by Crippen LogP contribution is -2.49. The molecule has 152 valence electrons. The highest BCUT2D eigenvalue weighted by molar-refractivity contribution is 5.91. The molecule has 1 amide bonds. The standard InChI is InChI=1S/C20H31N7O/c1-14(2)20-22-16(5)12-18(24-20)26-10-8-25(9-11-26)13-19(28)23-17-6-7-21-27(17)15(3)4/h6-7,12,14-15H,8-11,13H2,1-5H3,(H,23,28). The van der Waals surface area contributed by atoms with Crippen molar-refractivity contribution in [1.82, 2.24) is 24.6 Å². The fraction of sp³-hybridized carbons (Fsp3) is 0.600. The van der Waals surface area contributed by atoms with E-state index in [2.05, 4.69) is 39.0 Å². The monoisotopic (exact) mass is 385 g/mol. The number of anilines is 2. The number of aryl methyl sites for hydroxylation is 1. The van der Waals surface area contributed by atoms with Crippen molar-refractivity contribution < 1.29 is 4.79 Å². The van der Waals surface area contributed by atoms with Gasteiger partial charge in [-0.1, -0.05) is 13.8 Å². The molecule has 1 fully saturated rings. The molecule has 28 heavy (non-hydrogen) atoms. The molecule has 0 bridgehead atoms. The van der Waals surface area contributed by atoms with E-state index in [4.69, 9.17) is 4.98 Å². The quantitative estimate of drug-likeness (QED) is 0.823. The predicted molar refractivity (Wildman–Crippen MR) is 111 cm³/mol. The van der Waals surface area contributed by atoms with Crippen LogP contribution in [0.2, 0.25) is 0 Å². The maximum atomic E-state index is 12.4. The van der Waals surface area contributed by atoms with Crippen molar-refractivity contribution in [1.29, 1.82) is 0 Å². The zero-order valence-corrected chi connectivity index (χ0v) is 17.5. The molecule has 0 aromatic carbocycles. The van der Waals surface area contributed by atoms with Gasteiger partial charge in [0.15, 0.2) is 0 Å². The van der Waals surface area contributed by atoms with Crippen LogP contribution in [0, 0.1) is 6.92 Å². The van der Waals surface area contributed by atoms with E-state index in [9.17, 15) is 4.79 Å². The number of hydrogen-bond acceptors (Lipinski definition) is 6. The van der Waals surface area contributed by atoms with E-state index >= 15 is 0 Å². The molecule has 8 nitrogen and oxygen atoms in total. The maximum Gasteiger partial charge on any atom is 0.239 e. The summed E-state index contributed by atoms with van der Waals surface area (Å²) in [4.78, 5) is 26.2. The second kappa shape index (κ2) is 8.68. The number of aromatic nitrogens is 4. The Hall–Kier alpha value is -2.48. The fourth-order valence-corrected chi connectivity index (χ4v) is 3.34. The minimum absolute atomic E-state index is 0.00387. The van der Waals surface area contributed by atoms with Crippen LogP contribution >= 0.6 is 0 Å². The number of rotatable bonds is 6. The molecule has 0 aliphatic carbocycles.